The Balaban J connectivity index is 1.64. The number of ether oxygens (including phenoxy) is 4. The predicted molar refractivity (Wildman–Crippen MR) is 90.2 cm³/mol. The van der Waals surface area contributed by atoms with E-state index in [1.165, 1.54) is 0 Å². The summed E-state index contributed by atoms with van der Waals surface area (Å²) in [4.78, 5) is 0. The van der Waals surface area contributed by atoms with Crippen LogP contribution in [0.25, 0.3) is 0 Å². The second-order valence-electron chi connectivity index (χ2n) is 10.7. The Morgan fingerprint density at radius 1 is 1.04 bits per heavy atom. The average molecular weight is 366 g/mol. The fourth-order valence-electron chi connectivity index (χ4n) is 8.44. The zero-order valence-electron chi connectivity index (χ0n) is 16.0. The van der Waals surface area contributed by atoms with E-state index in [9.17, 15) is 10.2 Å². The maximum atomic E-state index is 11.9. The van der Waals surface area contributed by atoms with E-state index in [1.807, 2.05) is 6.92 Å². The quantitative estimate of drug-likeness (QED) is 0.668. The van der Waals surface area contributed by atoms with Gasteiger partial charge < -0.3 is 29.2 Å². The summed E-state index contributed by atoms with van der Waals surface area (Å²) in [7, 11) is 0. The van der Waals surface area contributed by atoms with E-state index < -0.39 is 34.4 Å². The van der Waals surface area contributed by atoms with Gasteiger partial charge in [0.2, 0.25) is 0 Å². The summed E-state index contributed by atoms with van der Waals surface area (Å²) in [6.07, 6.45) is 0.188. The third-order valence-corrected chi connectivity index (χ3v) is 9.20. The Hall–Kier alpha value is -0.240. The van der Waals surface area contributed by atoms with Crippen molar-refractivity contribution >= 4 is 0 Å². The maximum Gasteiger partial charge on any atom is 0.167 e. The van der Waals surface area contributed by atoms with E-state index in [0.717, 1.165) is 6.42 Å². The van der Waals surface area contributed by atoms with Gasteiger partial charge in [0.15, 0.2) is 6.29 Å². The van der Waals surface area contributed by atoms with Crippen molar-refractivity contribution in [3.63, 3.8) is 0 Å². The van der Waals surface area contributed by atoms with Gasteiger partial charge in [0.25, 0.3) is 0 Å². The van der Waals surface area contributed by atoms with Gasteiger partial charge in [-0.1, -0.05) is 27.7 Å². The summed E-state index contributed by atoms with van der Waals surface area (Å²) in [5.74, 6) is 0.165. The Morgan fingerprint density at radius 3 is 2.54 bits per heavy atom. The van der Waals surface area contributed by atoms with Crippen LogP contribution < -0.4 is 0 Å². The third kappa shape index (κ3) is 1.26. The maximum absolute atomic E-state index is 11.9. The van der Waals surface area contributed by atoms with Crippen molar-refractivity contribution in [3.8, 4) is 0 Å². The number of aliphatic hydroxyl groups is 2. The number of hydrogen-bond donors (Lipinski definition) is 2. The number of fused-ring (bicyclic) bond motifs is 1. The molecule has 0 bridgehead atoms. The number of rotatable bonds is 0. The first kappa shape index (κ1) is 16.7. The molecule has 146 valence electrons. The van der Waals surface area contributed by atoms with E-state index in [4.69, 9.17) is 18.9 Å². The molecular weight excluding hydrogens is 336 g/mol. The van der Waals surface area contributed by atoms with E-state index in [2.05, 4.69) is 20.8 Å². The molecule has 6 nitrogen and oxygen atoms in total. The third-order valence-electron chi connectivity index (χ3n) is 9.20. The molecule has 2 spiro atoms. The molecule has 6 fully saturated rings. The Kier molecular flexibility index (Phi) is 2.79. The molecule has 10 atom stereocenters. The molecular formula is C20H30O6. The summed E-state index contributed by atoms with van der Waals surface area (Å²) in [6, 6.07) is 0. The summed E-state index contributed by atoms with van der Waals surface area (Å²) in [5, 5.41) is 23.3. The van der Waals surface area contributed by atoms with Crippen molar-refractivity contribution in [3.05, 3.63) is 0 Å². The van der Waals surface area contributed by atoms with Crippen LogP contribution in [0.5, 0.6) is 0 Å². The van der Waals surface area contributed by atoms with Crippen LogP contribution in [-0.4, -0.2) is 65.8 Å². The van der Waals surface area contributed by atoms with Gasteiger partial charge in [-0.25, -0.2) is 0 Å². The smallest absolute Gasteiger partial charge is 0.167 e. The Morgan fingerprint density at radius 2 is 1.81 bits per heavy atom. The highest BCUT2D eigenvalue weighted by Crippen LogP contribution is 2.84. The van der Waals surface area contributed by atoms with E-state index in [1.54, 1.807) is 0 Å². The van der Waals surface area contributed by atoms with Crippen molar-refractivity contribution in [1.82, 2.24) is 0 Å². The fraction of sp³-hybridized carbons (Fsp3) is 1.00. The monoisotopic (exact) mass is 366 g/mol. The molecule has 0 aromatic rings. The lowest BCUT2D eigenvalue weighted by atomic mass is 9.51. The van der Waals surface area contributed by atoms with Crippen LogP contribution in [0.1, 0.15) is 40.5 Å². The van der Waals surface area contributed by atoms with Crippen LogP contribution in [0, 0.1) is 28.1 Å². The molecule has 6 rings (SSSR count). The first-order valence-electron chi connectivity index (χ1n) is 10.1. The van der Waals surface area contributed by atoms with Gasteiger partial charge in [-0.15, -0.1) is 0 Å². The minimum absolute atomic E-state index is 0.0262. The molecule has 4 aliphatic heterocycles. The molecule has 0 radical (unpaired) electrons. The summed E-state index contributed by atoms with van der Waals surface area (Å²) in [5.41, 5.74) is -2.96. The lowest BCUT2D eigenvalue weighted by molar-refractivity contribution is -0.244. The van der Waals surface area contributed by atoms with Gasteiger partial charge in [0, 0.05) is 11.3 Å². The average Bonchev–Trinajstić information content (AvgIpc) is 3.28. The van der Waals surface area contributed by atoms with Crippen LogP contribution in [0.3, 0.4) is 0 Å². The predicted octanol–water partition coefficient (Wildman–Crippen LogP) is 1.08. The normalized spacial score (nSPS) is 65.3. The van der Waals surface area contributed by atoms with Gasteiger partial charge in [-0.3, -0.25) is 0 Å². The standard InChI is InChI=1S/C20H30O6/c1-10-7-23-14-6-17-13-5-11(16(2,3)4)19(17)12(21)8-24-15(19)26-18(17,9-25-13)20(10,14)22/h10-15,21-22H,5-9H2,1-4H3/t10-,11?,12+,13?,14?,15?,17?,18?,19?,20-/m1/s1. The molecule has 0 aromatic carbocycles. The van der Waals surface area contributed by atoms with E-state index in [0.29, 0.717) is 26.2 Å². The zero-order chi connectivity index (χ0) is 18.3. The van der Waals surface area contributed by atoms with Crippen molar-refractivity contribution in [2.24, 2.45) is 28.1 Å². The lowest BCUT2D eigenvalue weighted by Gasteiger charge is -2.49. The molecule has 0 amide bonds. The van der Waals surface area contributed by atoms with Crippen molar-refractivity contribution in [2.75, 3.05) is 19.8 Å². The summed E-state index contributed by atoms with van der Waals surface area (Å²) < 4.78 is 25.2. The topological polar surface area (TPSA) is 77.4 Å². The molecule has 6 heteroatoms. The molecule has 0 aromatic heterocycles. The van der Waals surface area contributed by atoms with Crippen LogP contribution in [-0.2, 0) is 18.9 Å². The van der Waals surface area contributed by atoms with E-state index >= 15 is 0 Å². The minimum Gasteiger partial charge on any atom is -0.390 e. The van der Waals surface area contributed by atoms with Gasteiger partial charge in [-0.2, -0.15) is 0 Å². The largest absolute Gasteiger partial charge is 0.390 e. The van der Waals surface area contributed by atoms with Gasteiger partial charge >= 0.3 is 0 Å². The summed E-state index contributed by atoms with van der Waals surface area (Å²) >= 11 is 0. The van der Waals surface area contributed by atoms with Crippen LogP contribution in [0.15, 0.2) is 0 Å². The Bertz CT molecular complexity index is 676. The minimum atomic E-state index is -1.09. The summed E-state index contributed by atoms with van der Waals surface area (Å²) in [6.45, 7) is 9.93. The number of aliphatic hydroxyl groups excluding tert-OH is 1. The molecule has 2 N–H and O–H groups in total. The van der Waals surface area contributed by atoms with Gasteiger partial charge in [-0.05, 0) is 24.2 Å². The zero-order valence-corrected chi connectivity index (χ0v) is 16.0. The van der Waals surface area contributed by atoms with E-state index in [-0.39, 0.29) is 29.5 Å². The molecule has 7 unspecified atom stereocenters. The van der Waals surface area contributed by atoms with Crippen LogP contribution >= 0.6 is 0 Å². The lowest BCUT2D eigenvalue weighted by Crippen LogP contribution is -2.64. The highest BCUT2D eigenvalue weighted by Gasteiger charge is 2.95. The fourth-order valence-corrected chi connectivity index (χ4v) is 8.44. The van der Waals surface area contributed by atoms with Gasteiger partial charge in [0.05, 0.1) is 43.5 Å². The molecule has 26 heavy (non-hydrogen) atoms. The van der Waals surface area contributed by atoms with Crippen molar-refractivity contribution < 1.29 is 29.2 Å². The second kappa shape index (κ2) is 4.34. The second-order valence-corrected chi connectivity index (χ2v) is 10.7. The SMILES string of the molecule is C[C@@H]1COC2CC34C5CC(C(C)(C)C)C36C(OC[C@@H]6O)OC4(CO5)[C@]21O. The first-order chi connectivity index (χ1) is 12.2. The van der Waals surface area contributed by atoms with Crippen molar-refractivity contribution in [2.45, 2.75) is 76.3 Å². The van der Waals surface area contributed by atoms with Crippen molar-refractivity contribution in [1.29, 1.82) is 0 Å². The Labute approximate surface area is 154 Å². The molecule has 2 saturated carbocycles. The molecule has 2 aliphatic carbocycles. The molecule has 4 heterocycles. The van der Waals surface area contributed by atoms with Crippen LogP contribution in [0.4, 0.5) is 0 Å². The first-order valence-corrected chi connectivity index (χ1v) is 10.1. The van der Waals surface area contributed by atoms with Gasteiger partial charge in [0.1, 0.15) is 11.2 Å². The van der Waals surface area contributed by atoms with Crippen LogP contribution in [0.2, 0.25) is 0 Å². The molecule has 6 aliphatic rings. The number of hydrogen-bond acceptors (Lipinski definition) is 6. The highest BCUT2D eigenvalue weighted by atomic mass is 16.7. The molecule has 4 saturated heterocycles. The highest BCUT2D eigenvalue weighted by molar-refractivity contribution is 5.40.